The van der Waals surface area contributed by atoms with Crippen LogP contribution in [0.3, 0.4) is 0 Å². The molecule has 1 aromatic rings. The van der Waals surface area contributed by atoms with Crippen molar-refractivity contribution in [2.75, 3.05) is 12.3 Å². The van der Waals surface area contributed by atoms with Crippen molar-refractivity contribution in [3.05, 3.63) is 35.4 Å². The Morgan fingerprint density at radius 3 is 2.39 bits per heavy atom. The Balaban J connectivity index is 2.53. The molecule has 3 N–H and O–H groups in total. The van der Waals surface area contributed by atoms with Crippen LogP contribution in [-0.4, -0.2) is 20.7 Å². The fourth-order valence-corrected chi connectivity index (χ4v) is 2.17. The number of primary sulfonamides is 1. The van der Waals surface area contributed by atoms with Crippen molar-refractivity contribution in [3.8, 4) is 0 Å². The van der Waals surface area contributed by atoms with Crippen molar-refractivity contribution in [3.63, 3.8) is 0 Å². The highest BCUT2D eigenvalue weighted by Gasteiger charge is 2.15. The van der Waals surface area contributed by atoms with E-state index in [1.54, 1.807) is 6.92 Å². The molecule has 0 aliphatic carbocycles. The van der Waals surface area contributed by atoms with E-state index < -0.39 is 27.7 Å². The summed E-state index contributed by atoms with van der Waals surface area (Å²) in [6.07, 6.45) is 0.291. The molecule has 0 radical (unpaired) electrons. The Bertz CT molecular complexity index is 486. The molecule has 0 aliphatic heterocycles. The normalized spacial score (nSPS) is 13.6. The highest BCUT2D eigenvalue weighted by molar-refractivity contribution is 7.89. The van der Waals surface area contributed by atoms with Gasteiger partial charge in [0.25, 0.3) is 0 Å². The van der Waals surface area contributed by atoms with E-state index in [0.29, 0.717) is 13.0 Å². The molecule has 0 fully saturated rings. The van der Waals surface area contributed by atoms with Gasteiger partial charge in [-0.05, 0) is 32.0 Å². The van der Waals surface area contributed by atoms with Gasteiger partial charge in [0, 0.05) is 11.6 Å². The molecular weight excluding hydrogens is 262 g/mol. The van der Waals surface area contributed by atoms with Gasteiger partial charge >= 0.3 is 0 Å². The summed E-state index contributed by atoms with van der Waals surface area (Å²) in [6, 6.07) is 3.12. The molecule has 102 valence electrons. The van der Waals surface area contributed by atoms with E-state index in [-0.39, 0.29) is 11.3 Å². The molecule has 1 aromatic carbocycles. The minimum Gasteiger partial charge on any atom is -0.310 e. The fraction of sp³-hybridized carbons (Fsp3) is 0.455. The van der Waals surface area contributed by atoms with Gasteiger partial charge in [-0.1, -0.05) is 6.07 Å². The van der Waals surface area contributed by atoms with Crippen LogP contribution in [0.1, 0.15) is 24.9 Å². The molecule has 1 unspecified atom stereocenters. The van der Waals surface area contributed by atoms with E-state index in [4.69, 9.17) is 5.14 Å². The lowest BCUT2D eigenvalue weighted by Crippen LogP contribution is -2.25. The first-order valence-corrected chi connectivity index (χ1v) is 7.20. The lowest BCUT2D eigenvalue weighted by atomic mass is 10.1. The first-order valence-electron chi connectivity index (χ1n) is 5.49. The summed E-state index contributed by atoms with van der Waals surface area (Å²) >= 11 is 0. The zero-order valence-electron chi connectivity index (χ0n) is 9.99. The van der Waals surface area contributed by atoms with Crippen LogP contribution in [0.4, 0.5) is 8.78 Å². The smallest absolute Gasteiger partial charge is 0.209 e. The predicted molar refractivity (Wildman–Crippen MR) is 65.4 cm³/mol. The molecule has 0 bridgehead atoms. The highest BCUT2D eigenvalue weighted by Crippen LogP contribution is 2.19. The average molecular weight is 278 g/mol. The summed E-state index contributed by atoms with van der Waals surface area (Å²) in [5.74, 6) is -1.41. The van der Waals surface area contributed by atoms with Gasteiger partial charge in [0.05, 0.1) is 5.75 Å². The highest BCUT2D eigenvalue weighted by atomic mass is 32.2. The van der Waals surface area contributed by atoms with Crippen LogP contribution in [-0.2, 0) is 10.0 Å². The second-order valence-electron chi connectivity index (χ2n) is 4.03. The molecule has 0 heterocycles. The number of nitrogens with two attached hydrogens (primary N) is 1. The van der Waals surface area contributed by atoms with Crippen molar-refractivity contribution in [1.82, 2.24) is 5.32 Å². The summed E-state index contributed by atoms with van der Waals surface area (Å²) in [5.41, 5.74) is -0.0481. The number of sulfonamides is 1. The van der Waals surface area contributed by atoms with Crippen LogP contribution < -0.4 is 10.5 Å². The Hall–Kier alpha value is -1.05. The van der Waals surface area contributed by atoms with Gasteiger partial charge in [-0.2, -0.15) is 0 Å². The number of halogens is 2. The lowest BCUT2D eigenvalue weighted by molar-refractivity contribution is 0.487. The third-order valence-electron chi connectivity index (χ3n) is 2.49. The second-order valence-corrected chi connectivity index (χ2v) is 5.77. The van der Waals surface area contributed by atoms with Crippen LogP contribution in [0.5, 0.6) is 0 Å². The summed E-state index contributed by atoms with van der Waals surface area (Å²) in [7, 11) is -3.49. The maximum absolute atomic E-state index is 13.4. The maximum Gasteiger partial charge on any atom is 0.209 e. The molecule has 0 saturated carbocycles. The molecular formula is C11H16F2N2O2S. The lowest BCUT2D eigenvalue weighted by Gasteiger charge is -2.15. The number of nitrogens with one attached hydrogen (secondary N) is 1. The third-order valence-corrected chi connectivity index (χ3v) is 3.35. The van der Waals surface area contributed by atoms with Crippen molar-refractivity contribution in [1.29, 1.82) is 0 Å². The Morgan fingerprint density at radius 1 is 1.33 bits per heavy atom. The number of rotatable bonds is 6. The summed E-state index contributed by atoms with van der Waals surface area (Å²) < 4.78 is 48.2. The monoisotopic (exact) mass is 278 g/mol. The van der Waals surface area contributed by atoms with E-state index in [2.05, 4.69) is 5.32 Å². The Kier molecular flexibility index (Phi) is 5.18. The molecule has 0 spiro atoms. The third kappa shape index (κ3) is 4.67. The maximum atomic E-state index is 13.4. The van der Waals surface area contributed by atoms with Crippen molar-refractivity contribution < 1.29 is 17.2 Å². The molecule has 18 heavy (non-hydrogen) atoms. The van der Waals surface area contributed by atoms with Gasteiger partial charge in [-0.3, -0.25) is 0 Å². The summed E-state index contributed by atoms with van der Waals surface area (Å²) in [5, 5.41) is 7.69. The summed E-state index contributed by atoms with van der Waals surface area (Å²) in [4.78, 5) is 0. The fourth-order valence-electron chi connectivity index (χ4n) is 1.62. The molecule has 1 rings (SSSR count). The topological polar surface area (TPSA) is 72.2 Å². The molecule has 0 amide bonds. The minimum atomic E-state index is -3.49. The largest absolute Gasteiger partial charge is 0.310 e. The van der Waals surface area contributed by atoms with Gasteiger partial charge < -0.3 is 5.32 Å². The van der Waals surface area contributed by atoms with Gasteiger partial charge in [-0.25, -0.2) is 22.3 Å². The molecule has 0 saturated heterocycles. The minimum absolute atomic E-state index is 0.0481. The van der Waals surface area contributed by atoms with Crippen LogP contribution in [0, 0.1) is 11.6 Å². The van der Waals surface area contributed by atoms with Crippen molar-refractivity contribution in [2.24, 2.45) is 5.14 Å². The van der Waals surface area contributed by atoms with Gasteiger partial charge in [-0.15, -0.1) is 0 Å². The van der Waals surface area contributed by atoms with Gasteiger partial charge in [0.2, 0.25) is 10.0 Å². The van der Waals surface area contributed by atoms with Gasteiger partial charge in [0.1, 0.15) is 11.6 Å². The van der Waals surface area contributed by atoms with E-state index in [0.717, 1.165) is 0 Å². The molecule has 0 aromatic heterocycles. The Morgan fingerprint density at radius 2 is 1.89 bits per heavy atom. The standard InChI is InChI=1S/C11H16F2N2O2S/c1-8(15-6-3-7-18(14,16)17)11-9(12)4-2-5-10(11)13/h2,4-5,8,15H,3,6-7H2,1H3,(H2,14,16,17). The van der Waals surface area contributed by atoms with Crippen molar-refractivity contribution >= 4 is 10.0 Å². The SMILES string of the molecule is CC(NCCCS(N)(=O)=O)c1c(F)cccc1F. The van der Waals surface area contributed by atoms with Crippen LogP contribution in [0.25, 0.3) is 0 Å². The zero-order chi connectivity index (χ0) is 13.8. The first kappa shape index (κ1) is 15.0. The van der Waals surface area contributed by atoms with E-state index in [9.17, 15) is 17.2 Å². The second kappa shape index (κ2) is 6.21. The Labute approximate surface area is 105 Å². The van der Waals surface area contributed by atoms with Gasteiger partial charge in [0.15, 0.2) is 0 Å². The molecule has 1 atom stereocenters. The summed E-state index contributed by atoms with van der Waals surface area (Å²) in [6.45, 7) is 1.92. The molecule has 0 aliphatic rings. The zero-order valence-corrected chi connectivity index (χ0v) is 10.8. The first-order chi connectivity index (χ1) is 8.31. The van der Waals surface area contributed by atoms with Crippen molar-refractivity contribution in [2.45, 2.75) is 19.4 Å². The van der Waals surface area contributed by atoms with Crippen LogP contribution in [0.2, 0.25) is 0 Å². The van der Waals surface area contributed by atoms with Crippen LogP contribution in [0.15, 0.2) is 18.2 Å². The number of benzene rings is 1. The quantitative estimate of drug-likeness (QED) is 0.770. The average Bonchev–Trinajstić information content (AvgIpc) is 2.23. The number of hydrogen-bond donors (Lipinski definition) is 2. The van der Waals surface area contributed by atoms with E-state index in [1.165, 1.54) is 18.2 Å². The molecule has 7 heteroatoms. The van der Waals surface area contributed by atoms with E-state index >= 15 is 0 Å². The predicted octanol–water partition coefficient (Wildman–Crippen LogP) is 1.29. The van der Waals surface area contributed by atoms with E-state index in [1.807, 2.05) is 0 Å². The molecule has 4 nitrogen and oxygen atoms in total. The van der Waals surface area contributed by atoms with Crippen LogP contribution >= 0.6 is 0 Å². The number of hydrogen-bond acceptors (Lipinski definition) is 3.